The number of hydrogen-bond acceptors (Lipinski definition) is 5. The molecular weight excluding hydrogens is 442 g/mol. The Morgan fingerprint density at radius 3 is 2.31 bits per heavy atom. The first-order chi connectivity index (χ1) is 15.2. The van der Waals surface area contributed by atoms with Gasteiger partial charge in [0, 0.05) is 44.0 Å². The van der Waals surface area contributed by atoms with Gasteiger partial charge in [-0.15, -0.1) is 24.2 Å². The second kappa shape index (κ2) is 11.7. The Bertz CT molecular complexity index is 903. The number of imide groups is 1. The minimum Gasteiger partial charge on any atom is -0.368 e. The van der Waals surface area contributed by atoms with Crippen LogP contribution in [0.25, 0.3) is 0 Å². The standard InChI is InChI=1S/C25H31N3O2S.ClH/c1-2-31-23-12-7-6-11-22(23)27-17-15-26(16-18-27)13-8-14-28-24(29)19-21(25(28)30)20-9-4-3-5-10-20;/h3-7,9-12,21H,2,8,13-19H2,1H3;1H. The van der Waals surface area contributed by atoms with Crippen LogP contribution < -0.4 is 4.90 Å². The van der Waals surface area contributed by atoms with E-state index in [9.17, 15) is 9.59 Å². The van der Waals surface area contributed by atoms with E-state index in [-0.39, 0.29) is 30.1 Å². The van der Waals surface area contributed by atoms with E-state index in [0.717, 1.165) is 50.5 Å². The molecule has 0 aromatic heterocycles. The van der Waals surface area contributed by atoms with Crippen molar-refractivity contribution in [1.82, 2.24) is 9.80 Å². The monoisotopic (exact) mass is 473 g/mol. The zero-order valence-electron chi connectivity index (χ0n) is 18.6. The van der Waals surface area contributed by atoms with E-state index < -0.39 is 0 Å². The first kappa shape index (κ1) is 24.6. The Labute approximate surface area is 201 Å². The molecule has 32 heavy (non-hydrogen) atoms. The Balaban J connectivity index is 0.00000289. The van der Waals surface area contributed by atoms with Gasteiger partial charge in [0.05, 0.1) is 11.6 Å². The number of para-hydroxylation sites is 1. The number of nitrogens with zero attached hydrogens (tertiary/aromatic N) is 3. The Hall–Kier alpha value is -2.02. The number of anilines is 1. The maximum absolute atomic E-state index is 12.8. The molecule has 2 saturated heterocycles. The molecule has 1 unspecified atom stereocenters. The van der Waals surface area contributed by atoms with Crippen molar-refractivity contribution in [3.8, 4) is 0 Å². The molecule has 0 N–H and O–H groups in total. The van der Waals surface area contributed by atoms with Gasteiger partial charge in [-0.3, -0.25) is 19.4 Å². The maximum Gasteiger partial charge on any atom is 0.237 e. The highest BCUT2D eigenvalue weighted by Gasteiger charge is 2.38. The Kier molecular flexibility index (Phi) is 9.02. The van der Waals surface area contributed by atoms with E-state index in [4.69, 9.17) is 0 Å². The van der Waals surface area contributed by atoms with Gasteiger partial charge >= 0.3 is 0 Å². The van der Waals surface area contributed by atoms with Gasteiger partial charge < -0.3 is 4.90 Å². The molecule has 0 aliphatic carbocycles. The predicted molar refractivity (Wildman–Crippen MR) is 134 cm³/mol. The minimum atomic E-state index is -0.307. The molecule has 0 radical (unpaired) electrons. The average Bonchev–Trinajstić information content (AvgIpc) is 3.09. The van der Waals surface area contributed by atoms with Gasteiger partial charge in [-0.05, 0) is 36.4 Å². The average molecular weight is 474 g/mol. The van der Waals surface area contributed by atoms with E-state index >= 15 is 0 Å². The molecule has 2 amide bonds. The third kappa shape index (κ3) is 5.66. The van der Waals surface area contributed by atoms with E-state index in [1.54, 1.807) is 0 Å². The number of thioether (sulfide) groups is 1. The number of carbonyl (C=O) groups is 2. The number of rotatable bonds is 8. The van der Waals surface area contributed by atoms with Crippen LogP contribution in [0.3, 0.4) is 0 Å². The highest BCUT2D eigenvalue weighted by Crippen LogP contribution is 2.31. The summed E-state index contributed by atoms with van der Waals surface area (Å²) in [6.45, 7) is 7.69. The van der Waals surface area contributed by atoms with Crippen LogP contribution in [-0.4, -0.2) is 66.6 Å². The van der Waals surface area contributed by atoms with Crippen molar-refractivity contribution in [2.45, 2.75) is 30.6 Å². The molecule has 2 aromatic carbocycles. The molecule has 2 aliphatic heterocycles. The Morgan fingerprint density at radius 1 is 0.906 bits per heavy atom. The molecule has 1 atom stereocenters. The van der Waals surface area contributed by atoms with Crippen molar-refractivity contribution in [2.75, 3.05) is 49.9 Å². The SMILES string of the molecule is CCSc1ccccc1N1CCN(CCCN2C(=O)CC(c3ccccc3)C2=O)CC1.Cl. The largest absolute Gasteiger partial charge is 0.368 e. The number of piperazine rings is 1. The predicted octanol–water partition coefficient (Wildman–Crippen LogP) is 4.28. The van der Waals surface area contributed by atoms with Gasteiger partial charge in [0.25, 0.3) is 0 Å². The van der Waals surface area contributed by atoms with Crippen LogP contribution in [0, 0.1) is 0 Å². The van der Waals surface area contributed by atoms with Crippen molar-refractivity contribution in [1.29, 1.82) is 0 Å². The summed E-state index contributed by atoms with van der Waals surface area (Å²) in [6, 6.07) is 18.3. The van der Waals surface area contributed by atoms with Crippen LogP contribution in [0.5, 0.6) is 0 Å². The quantitative estimate of drug-likeness (QED) is 0.423. The zero-order chi connectivity index (χ0) is 21.6. The molecule has 7 heteroatoms. The van der Waals surface area contributed by atoms with Crippen molar-refractivity contribution >= 4 is 41.7 Å². The number of amides is 2. The number of halogens is 1. The molecule has 172 valence electrons. The van der Waals surface area contributed by atoms with Crippen molar-refractivity contribution in [2.24, 2.45) is 0 Å². The smallest absolute Gasteiger partial charge is 0.237 e. The molecule has 0 bridgehead atoms. The third-order valence-corrected chi connectivity index (χ3v) is 7.12. The maximum atomic E-state index is 12.8. The van der Waals surface area contributed by atoms with E-state index in [2.05, 4.69) is 41.0 Å². The second-order valence-corrected chi connectivity index (χ2v) is 9.44. The molecular formula is C25H32ClN3O2S. The summed E-state index contributed by atoms with van der Waals surface area (Å²) in [4.78, 5) is 33.0. The van der Waals surface area contributed by atoms with Crippen LogP contribution >= 0.6 is 24.2 Å². The van der Waals surface area contributed by atoms with E-state index in [1.807, 2.05) is 42.1 Å². The van der Waals surface area contributed by atoms with Crippen LogP contribution in [0.1, 0.15) is 31.2 Å². The molecule has 0 saturated carbocycles. The lowest BCUT2D eigenvalue weighted by Gasteiger charge is -2.37. The van der Waals surface area contributed by atoms with Crippen LogP contribution in [0.2, 0.25) is 0 Å². The first-order valence-corrected chi connectivity index (χ1v) is 12.2. The highest BCUT2D eigenvalue weighted by molar-refractivity contribution is 7.99. The molecule has 2 aromatic rings. The fraction of sp³-hybridized carbons (Fsp3) is 0.440. The first-order valence-electron chi connectivity index (χ1n) is 11.3. The zero-order valence-corrected chi connectivity index (χ0v) is 20.2. The van der Waals surface area contributed by atoms with E-state index in [0.29, 0.717) is 13.0 Å². The van der Waals surface area contributed by atoms with Gasteiger partial charge in [-0.2, -0.15) is 0 Å². The summed E-state index contributed by atoms with van der Waals surface area (Å²) in [5.74, 6) is 0.703. The molecule has 0 spiro atoms. The summed E-state index contributed by atoms with van der Waals surface area (Å²) in [5, 5.41) is 0. The normalized spacial score (nSPS) is 19.3. The van der Waals surface area contributed by atoms with Gasteiger partial charge in [0.15, 0.2) is 0 Å². The molecule has 5 nitrogen and oxygen atoms in total. The fourth-order valence-corrected chi connectivity index (χ4v) is 5.36. The molecule has 2 heterocycles. The lowest BCUT2D eigenvalue weighted by Crippen LogP contribution is -2.47. The lowest BCUT2D eigenvalue weighted by molar-refractivity contribution is -0.138. The molecule has 4 rings (SSSR count). The van der Waals surface area contributed by atoms with Gasteiger partial charge in [0.2, 0.25) is 11.8 Å². The molecule has 2 aliphatic rings. The topological polar surface area (TPSA) is 43.9 Å². The van der Waals surface area contributed by atoms with Gasteiger partial charge in [-0.1, -0.05) is 49.4 Å². The number of hydrogen-bond donors (Lipinski definition) is 0. The summed E-state index contributed by atoms with van der Waals surface area (Å²) in [6.07, 6.45) is 1.14. The fourth-order valence-electron chi connectivity index (χ4n) is 4.52. The van der Waals surface area contributed by atoms with Gasteiger partial charge in [-0.25, -0.2) is 0 Å². The second-order valence-electron chi connectivity index (χ2n) is 8.13. The van der Waals surface area contributed by atoms with Crippen molar-refractivity contribution < 1.29 is 9.59 Å². The number of likely N-dealkylation sites (tertiary alicyclic amines) is 1. The Morgan fingerprint density at radius 2 is 1.59 bits per heavy atom. The summed E-state index contributed by atoms with van der Waals surface area (Å²) in [7, 11) is 0. The van der Waals surface area contributed by atoms with Crippen LogP contribution in [0.15, 0.2) is 59.5 Å². The van der Waals surface area contributed by atoms with Crippen LogP contribution in [0.4, 0.5) is 5.69 Å². The van der Waals surface area contributed by atoms with Crippen LogP contribution in [-0.2, 0) is 9.59 Å². The van der Waals surface area contributed by atoms with Crippen molar-refractivity contribution in [3.05, 3.63) is 60.2 Å². The highest BCUT2D eigenvalue weighted by atomic mass is 35.5. The van der Waals surface area contributed by atoms with Gasteiger partial charge in [0.1, 0.15) is 0 Å². The lowest BCUT2D eigenvalue weighted by atomic mass is 9.98. The van der Waals surface area contributed by atoms with E-state index in [1.165, 1.54) is 15.5 Å². The van der Waals surface area contributed by atoms with Crippen molar-refractivity contribution in [3.63, 3.8) is 0 Å². The molecule has 2 fully saturated rings. The minimum absolute atomic E-state index is 0. The summed E-state index contributed by atoms with van der Waals surface area (Å²) < 4.78 is 0. The summed E-state index contributed by atoms with van der Waals surface area (Å²) >= 11 is 1.90. The third-order valence-electron chi connectivity index (χ3n) is 6.18. The summed E-state index contributed by atoms with van der Waals surface area (Å²) in [5.41, 5.74) is 2.29. The number of carbonyl (C=O) groups excluding carboxylic acids is 2. The number of benzene rings is 2.